The smallest absolute Gasteiger partial charge is 0.375 e. The van der Waals surface area contributed by atoms with Gasteiger partial charge in [0.25, 0.3) is 0 Å². The first-order chi connectivity index (χ1) is 8.26. The molecule has 0 aromatic rings. The fourth-order valence-corrected chi connectivity index (χ4v) is 1.02. The van der Waals surface area contributed by atoms with E-state index < -0.39 is 12.6 Å². The molecule has 6 heteroatoms. The van der Waals surface area contributed by atoms with Gasteiger partial charge in [-0.05, 0) is 27.4 Å². The maximum absolute atomic E-state index is 11.9. The Hall–Kier alpha value is -0.880. The van der Waals surface area contributed by atoms with E-state index in [1.807, 2.05) is 25.9 Å². The minimum atomic E-state index is -4.15. The number of allylic oxidation sites excluding steroid dienone is 1. The van der Waals surface area contributed by atoms with E-state index >= 15 is 0 Å². The second kappa shape index (κ2) is 8.26. The highest BCUT2D eigenvalue weighted by atomic mass is 19.4. The van der Waals surface area contributed by atoms with E-state index in [1.165, 1.54) is 13.2 Å². The van der Waals surface area contributed by atoms with Crippen molar-refractivity contribution in [2.45, 2.75) is 38.2 Å². The molecule has 3 nitrogen and oxygen atoms in total. The third kappa shape index (κ3) is 9.18. The Morgan fingerprint density at radius 3 is 2.33 bits per heavy atom. The van der Waals surface area contributed by atoms with Crippen molar-refractivity contribution in [1.82, 2.24) is 4.90 Å². The predicted octanol–water partition coefficient (Wildman–Crippen LogP) is 2.88. The third-order valence-corrected chi connectivity index (χ3v) is 2.40. The molecule has 0 spiro atoms. The summed E-state index contributed by atoms with van der Waals surface area (Å²) in [5.41, 5.74) is 0. The summed E-state index contributed by atoms with van der Waals surface area (Å²) < 4.78 is 40.8. The molecule has 0 saturated carbocycles. The summed E-state index contributed by atoms with van der Waals surface area (Å²) in [6.07, 6.45) is -0.748. The maximum Gasteiger partial charge on any atom is 0.392 e. The summed E-state index contributed by atoms with van der Waals surface area (Å²) in [6.45, 7) is 1.92. The van der Waals surface area contributed by atoms with E-state index in [1.54, 1.807) is 6.21 Å². The molecular weight excluding hydrogens is 245 g/mol. The van der Waals surface area contributed by atoms with Crippen LogP contribution in [-0.4, -0.2) is 50.8 Å². The molecule has 0 heterocycles. The molecule has 0 aliphatic rings. The number of rotatable bonds is 7. The second-order valence-corrected chi connectivity index (χ2v) is 4.19. The van der Waals surface area contributed by atoms with E-state index in [2.05, 4.69) is 4.99 Å². The van der Waals surface area contributed by atoms with Crippen molar-refractivity contribution in [3.05, 3.63) is 12.2 Å². The number of halogens is 3. The quantitative estimate of drug-likeness (QED) is 0.523. The fourth-order valence-electron chi connectivity index (χ4n) is 1.02. The summed E-state index contributed by atoms with van der Waals surface area (Å²) in [7, 11) is 5.30. The molecule has 0 aromatic heterocycles. The fraction of sp³-hybridized carbons (Fsp3) is 0.750. The van der Waals surface area contributed by atoms with Crippen LogP contribution in [0.5, 0.6) is 0 Å². The van der Waals surface area contributed by atoms with Gasteiger partial charge < -0.3 is 4.74 Å². The maximum atomic E-state index is 11.9. The number of methoxy groups -OCH3 is 1. The van der Waals surface area contributed by atoms with Gasteiger partial charge in [0, 0.05) is 13.3 Å². The summed E-state index contributed by atoms with van der Waals surface area (Å²) in [6, 6.07) is 0. The van der Waals surface area contributed by atoms with E-state index in [4.69, 9.17) is 4.74 Å². The molecule has 2 unspecified atom stereocenters. The van der Waals surface area contributed by atoms with Crippen LogP contribution in [-0.2, 0) is 4.74 Å². The number of hydrogen-bond acceptors (Lipinski definition) is 3. The summed E-state index contributed by atoms with van der Waals surface area (Å²) >= 11 is 0. The largest absolute Gasteiger partial charge is 0.392 e. The number of ether oxygens (including phenoxy) is 1. The minimum absolute atomic E-state index is 0.0156. The Balaban J connectivity index is 4.12. The van der Waals surface area contributed by atoms with Crippen LogP contribution in [0.15, 0.2) is 17.1 Å². The molecule has 18 heavy (non-hydrogen) atoms. The number of hydrogen-bond donors (Lipinski definition) is 0. The van der Waals surface area contributed by atoms with Gasteiger partial charge in [-0.1, -0.05) is 12.2 Å². The van der Waals surface area contributed by atoms with E-state index in [-0.39, 0.29) is 12.3 Å². The first-order valence-electron chi connectivity index (χ1n) is 5.70. The van der Waals surface area contributed by atoms with Gasteiger partial charge in [-0.15, -0.1) is 0 Å². The lowest BCUT2D eigenvalue weighted by Crippen LogP contribution is -2.24. The Kier molecular flexibility index (Phi) is 7.86. The van der Waals surface area contributed by atoms with Crippen LogP contribution in [0.1, 0.15) is 19.8 Å². The highest BCUT2D eigenvalue weighted by molar-refractivity contribution is 5.63. The van der Waals surface area contributed by atoms with Crippen molar-refractivity contribution in [2.75, 3.05) is 21.2 Å². The normalized spacial score (nSPS) is 16.9. The zero-order valence-electron chi connectivity index (χ0n) is 11.2. The first kappa shape index (κ1) is 17.1. The van der Waals surface area contributed by atoms with Crippen molar-refractivity contribution in [3.8, 4) is 0 Å². The number of alkyl halides is 3. The van der Waals surface area contributed by atoms with Crippen LogP contribution < -0.4 is 0 Å². The molecule has 0 aliphatic heterocycles. The van der Waals surface area contributed by atoms with Crippen molar-refractivity contribution in [3.63, 3.8) is 0 Å². The number of aliphatic imine (C=N–C) groups is 1. The van der Waals surface area contributed by atoms with Gasteiger partial charge in [-0.3, -0.25) is 9.89 Å². The van der Waals surface area contributed by atoms with Gasteiger partial charge >= 0.3 is 6.18 Å². The first-order valence-corrected chi connectivity index (χ1v) is 5.70. The van der Waals surface area contributed by atoms with Gasteiger partial charge in [-0.25, -0.2) is 0 Å². The lowest BCUT2D eigenvalue weighted by molar-refractivity contribution is -0.125. The van der Waals surface area contributed by atoms with Gasteiger partial charge in [0.05, 0.1) is 18.7 Å². The summed E-state index contributed by atoms with van der Waals surface area (Å²) in [5.74, 6) is 0. The Bertz CT molecular complexity index is 275. The van der Waals surface area contributed by atoms with Crippen LogP contribution in [0.4, 0.5) is 13.2 Å². The molecule has 106 valence electrons. The molecule has 0 fully saturated rings. The molecular formula is C12H21F3N2O. The minimum Gasteiger partial charge on any atom is -0.375 e. The van der Waals surface area contributed by atoms with Crippen molar-refractivity contribution in [1.29, 1.82) is 0 Å². The zero-order chi connectivity index (χ0) is 14.2. The van der Waals surface area contributed by atoms with E-state index in [0.717, 1.165) is 6.08 Å². The van der Waals surface area contributed by atoms with Crippen LogP contribution in [0.25, 0.3) is 0 Å². The molecule has 0 aromatic carbocycles. The van der Waals surface area contributed by atoms with Gasteiger partial charge in [-0.2, -0.15) is 13.2 Å². The topological polar surface area (TPSA) is 24.8 Å². The van der Waals surface area contributed by atoms with Crippen LogP contribution in [0.2, 0.25) is 0 Å². The molecule has 2 atom stereocenters. The van der Waals surface area contributed by atoms with Gasteiger partial charge in [0.2, 0.25) is 0 Å². The Labute approximate surface area is 106 Å². The standard InChI is InChI=1S/C12H21F3N2O/c1-10(17(2)3)16-9-11(18-4)7-5-6-8-12(13,14)15/h5-6,9-11H,7-8H2,1-4H3/b6-5+,16-9+. The Morgan fingerprint density at radius 1 is 1.28 bits per heavy atom. The molecule has 0 bridgehead atoms. The third-order valence-electron chi connectivity index (χ3n) is 2.40. The molecule has 0 saturated heterocycles. The zero-order valence-corrected chi connectivity index (χ0v) is 11.2. The highest BCUT2D eigenvalue weighted by Gasteiger charge is 2.24. The molecule has 0 amide bonds. The predicted molar refractivity (Wildman–Crippen MR) is 66.9 cm³/mol. The molecule has 0 N–H and O–H groups in total. The van der Waals surface area contributed by atoms with Crippen molar-refractivity contribution in [2.24, 2.45) is 4.99 Å². The molecule has 0 aliphatic carbocycles. The van der Waals surface area contributed by atoms with Gasteiger partial charge in [0.15, 0.2) is 0 Å². The Morgan fingerprint density at radius 2 is 1.89 bits per heavy atom. The molecule has 0 radical (unpaired) electrons. The van der Waals surface area contributed by atoms with Crippen LogP contribution in [0.3, 0.4) is 0 Å². The monoisotopic (exact) mass is 266 g/mol. The summed E-state index contributed by atoms with van der Waals surface area (Å²) in [5, 5.41) is 0. The van der Waals surface area contributed by atoms with Crippen LogP contribution >= 0.6 is 0 Å². The molecule has 0 rings (SSSR count). The lowest BCUT2D eigenvalue weighted by Gasteiger charge is -2.16. The average Bonchev–Trinajstić information content (AvgIpc) is 2.26. The highest BCUT2D eigenvalue weighted by Crippen LogP contribution is 2.19. The van der Waals surface area contributed by atoms with Gasteiger partial charge in [0.1, 0.15) is 0 Å². The SMILES string of the molecule is COC(/C=N/C(C)N(C)C)C/C=C/CC(F)(F)F. The number of nitrogens with zero attached hydrogens (tertiary/aromatic N) is 2. The second-order valence-electron chi connectivity index (χ2n) is 4.19. The summed E-state index contributed by atoms with van der Waals surface area (Å²) in [4.78, 5) is 6.16. The van der Waals surface area contributed by atoms with Crippen molar-refractivity contribution < 1.29 is 17.9 Å². The van der Waals surface area contributed by atoms with E-state index in [0.29, 0.717) is 6.42 Å². The van der Waals surface area contributed by atoms with Crippen molar-refractivity contribution >= 4 is 6.21 Å². The van der Waals surface area contributed by atoms with E-state index in [9.17, 15) is 13.2 Å². The lowest BCUT2D eigenvalue weighted by atomic mass is 10.2. The van der Waals surface area contributed by atoms with Crippen LogP contribution in [0, 0.1) is 0 Å². The average molecular weight is 266 g/mol.